The highest BCUT2D eigenvalue weighted by molar-refractivity contribution is 7.90. The van der Waals surface area contributed by atoms with Gasteiger partial charge in [-0.25, -0.2) is 27.9 Å². The highest BCUT2D eigenvalue weighted by Gasteiger charge is 2.30. The number of fused-ring (bicyclic) bond motifs is 1. The fraction of sp³-hybridized carbons (Fsp3) is 0.367. The Hall–Kier alpha value is -3.72. The van der Waals surface area contributed by atoms with Gasteiger partial charge in [0.05, 0.1) is 11.4 Å². The maximum atomic E-state index is 13.2. The van der Waals surface area contributed by atoms with E-state index in [9.17, 15) is 13.2 Å². The molecule has 0 atom stereocenters. The van der Waals surface area contributed by atoms with Crippen molar-refractivity contribution in [3.05, 3.63) is 77.7 Å². The number of carbonyl (C=O) groups excluding carboxylic acids is 1. The van der Waals surface area contributed by atoms with E-state index in [1.54, 1.807) is 18.2 Å². The molecule has 0 radical (unpaired) electrons. The van der Waals surface area contributed by atoms with Crippen molar-refractivity contribution in [3.63, 3.8) is 0 Å². The average molecular weight is 544 g/mol. The highest BCUT2D eigenvalue weighted by Crippen LogP contribution is 2.41. The number of nitrogens with one attached hydrogen (secondary N) is 2. The molecule has 2 heterocycles. The monoisotopic (exact) mass is 543 g/mol. The summed E-state index contributed by atoms with van der Waals surface area (Å²) >= 11 is 0. The summed E-state index contributed by atoms with van der Waals surface area (Å²) < 4.78 is 30.9. The molecule has 39 heavy (non-hydrogen) atoms. The van der Waals surface area contributed by atoms with E-state index in [2.05, 4.69) is 26.5 Å². The molecule has 9 heteroatoms. The van der Waals surface area contributed by atoms with E-state index < -0.39 is 16.1 Å². The first-order valence-corrected chi connectivity index (χ1v) is 15.2. The van der Waals surface area contributed by atoms with Gasteiger partial charge in [0.1, 0.15) is 11.3 Å². The van der Waals surface area contributed by atoms with Crippen LogP contribution in [0.15, 0.2) is 65.7 Å². The summed E-state index contributed by atoms with van der Waals surface area (Å²) in [6, 6.07) is 16.0. The molecule has 0 unspecified atom stereocenters. The highest BCUT2D eigenvalue weighted by atomic mass is 32.2. The molecule has 2 aromatic carbocycles. The van der Waals surface area contributed by atoms with Crippen LogP contribution in [0.5, 0.6) is 0 Å². The lowest BCUT2D eigenvalue weighted by Crippen LogP contribution is -2.45. The van der Waals surface area contributed by atoms with Crippen LogP contribution in [0.1, 0.15) is 67.8 Å². The molecule has 0 spiro atoms. The molecule has 0 aliphatic heterocycles. The molecule has 0 saturated heterocycles. The number of urea groups is 1. The fourth-order valence-corrected chi connectivity index (χ4v) is 6.66. The maximum absolute atomic E-state index is 13.2. The van der Waals surface area contributed by atoms with E-state index in [4.69, 9.17) is 4.98 Å². The van der Waals surface area contributed by atoms with Crippen molar-refractivity contribution in [1.29, 1.82) is 0 Å². The van der Waals surface area contributed by atoms with Gasteiger partial charge in [0.2, 0.25) is 0 Å². The number of rotatable bonds is 7. The van der Waals surface area contributed by atoms with Gasteiger partial charge in [-0.3, -0.25) is 0 Å². The molecule has 2 aliphatic rings. The second-order valence-corrected chi connectivity index (χ2v) is 12.4. The Balaban J connectivity index is 1.23. The lowest BCUT2D eigenvalue weighted by molar-refractivity contribution is 0.237. The normalized spacial score (nSPS) is 16.3. The van der Waals surface area contributed by atoms with Crippen molar-refractivity contribution in [2.24, 2.45) is 0 Å². The Morgan fingerprint density at radius 3 is 2.46 bits per heavy atom. The number of carbonyl (C=O) groups is 1. The van der Waals surface area contributed by atoms with Crippen LogP contribution in [0.25, 0.3) is 22.3 Å². The summed E-state index contributed by atoms with van der Waals surface area (Å²) in [5.41, 5.74) is 5.36. The molecule has 202 valence electrons. The van der Waals surface area contributed by atoms with E-state index in [1.807, 2.05) is 36.5 Å². The van der Waals surface area contributed by atoms with E-state index in [1.165, 1.54) is 6.07 Å². The van der Waals surface area contributed by atoms with Gasteiger partial charge in [0.15, 0.2) is 5.65 Å². The van der Waals surface area contributed by atoms with Gasteiger partial charge in [-0.1, -0.05) is 61.7 Å². The molecule has 0 bridgehead atoms. The predicted molar refractivity (Wildman–Crippen MR) is 151 cm³/mol. The van der Waals surface area contributed by atoms with Crippen LogP contribution in [0, 0.1) is 6.92 Å². The van der Waals surface area contributed by atoms with Crippen LogP contribution < -0.4 is 10.0 Å². The third kappa shape index (κ3) is 5.41. The van der Waals surface area contributed by atoms with E-state index >= 15 is 0 Å². The summed E-state index contributed by atoms with van der Waals surface area (Å²) in [4.78, 5) is 22.2. The molecular formula is C30H33N5O3S. The molecule has 2 saturated carbocycles. The van der Waals surface area contributed by atoms with Gasteiger partial charge in [-0.05, 0) is 61.4 Å². The summed E-state index contributed by atoms with van der Waals surface area (Å²) in [7, 11) is -4.06. The van der Waals surface area contributed by atoms with Crippen molar-refractivity contribution in [2.45, 2.75) is 75.3 Å². The second kappa shape index (κ2) is 10.4. The third-order valence-corrected chi connectivity index (χ3v) is 9.15. The zero-order valence-corrected chi connectivity index (χ0v) is 22.9. The number of benzene rings is 2. The number of nitrogens with zero attached hydrogens (tertiary/aromatic N) is 3. The number of aromatic nitrogens is 3. The third-order valence-electron chi connectivity index (χ3n) is 7.76. The Morgan fingerprint density at radius 1 is 0.974 bits per heavy atom. The minimum absolute atomic E-state index is 0.0175. The Labute approximate surface area is 228 Å². The first-order valence-electron chi connectivity index (χ1n) is 13.7. The molecular weight excluding hydrogens is 510 g/mol. The summed E-state index contributed by atoms with van der Waals surface area (Å²) in [6.45, 7) is 2.70. The van der Waals surface area contributed by atoms with Crippen molar-refractivity contribution < 1.29 is 13.2 Å². The molecule has 8 nitrogen and oxygen atoms in total. The molecule has 2 aliphatic carbocycles. The summed E-state index contributed by atoms with van der Waals surface area (Å²) in [5.74, 6) is 1.57. The van der Waals surface area contributed by atoms with Gasteiger partial charge in [0.25, 0.3) is 10.0 Å². The number of imidazole rings is 1. The van der Waals surface area contributed by atoms with Crippen LogP contribution in [0.3, 0.4) is 0 Å². The standard InChI is InChI=1S/C30H33N5O3S/c1-20-17-18-31-29-27(20)33-28(23-15-16-23)35(29)19-21-11-13-22(14-12-21)25-9-5-6-10-26(25)39(37,38)34-30(36)32-24-7-3-2-4-8-24/h5-6,9-14,17-18,23-24H,2-4,7-8,15-16,19H2,1H3,(H2,32,34,36). The quantitative estimate of drug-likeness (QED) is 0.313. The topological polar surface area (TPSA) is 106 Å². The van der Waals surface area contributed by atoms with Crippen molar-refractivity contribution in [2.75, 3.05) is 0 Å². The zero-order valence-electron chi connectivity index (χ0n) is 22.1. The number of amides is 2. The zero-order chi connectivity index (χ0) is 27.0. The summed E-state index contributed by atoms with van der Waals surface area (Å²) in [6.07, 6.45) is 9.14. The SMILES string of the molecule is Cc1ccnc2c1nc(C1CC1)n2Cc1ccc(-c2ccccc2S(=O)(=O)NC(=O)NC2CCCCC2)cc1. The number of hydrogen-bond donors (Lipinski definition) is 2. The van der Waals surface area contributed by atoms with Crippen molar-refractivity contribution >= 4 is 27.2 Å². The van der Waals surface area contributed by atoms with E-state index in [0.29, 0.717) is 18.0 Å². The van der Waals surface area contributed by atoms with Crippen LogP contribution in [-0.2, 0) is 16.6 Å². The van der Waals surface area contributed by atoms with Crippen LogP contribution in [0.4, 0.5) is 4.79 Å². The fourth-order valence-electron chi connectivity index (χ4n) is 5.51. The number of pyridine rings is 1. The van der Waals surface area contributed by atoms with Crippen molar-refractivity contribution in [3.8, 4) is 11.1 Å². The molecule has 6 rings (SSSR count). The first-order chi connectivity index (χ1) is 18.9. The maximum Gasteiger partial charge on any atom is 0.328 e. The van der Waals surface area contributed by atoms with Crippen LogP contribution in [-0.4, -0.2) is 35.0 Å². The lowest BCUT2D eigenvalue weighted by atomic mass is 9.96. The van der Waals surface area contributed by atoms with E-state index in [-0.39, 0.29) is 10.9 Å². The molecule has 2 aromatic heterocycles. The summed E-state index contributed by atoms with van der Waals surface area (Å²) in [5, 5.41) is 2.82. The number of sulfonamides is 1. The minimum atomic E-state index is -4.06. The number of aryl methyl sites for hydroxylation is 1. The predicted octanol–water partition coefficient (Wildman–Crippen LogP) is 5.65. The number of hydrogen-bond acceptors (Lipinski definition) is 5. The first kappa shape index (κ1) is 25.6. The molecule has 2 amide bonds. The minimum Gasteiger partial charge on any atom is -0.335 e. The lowest BCUT2D eigenvalue weighted by Gasteiger charge is -2.23. The van der Waals surface area contributed by atoms with Gasteiger partial charge in [-0.2, -0.15) is 0 Å². The van der Waals surface area contributed by atoms with Crippen LogP contribution >= 0.6 is 0 Å². The second-order valence-electron chi connectivity index (χ2n) is 10.7. The van der Waals surface area contributed by atoms with Gasteiger partial charge < -0.3 is 9.88 Å². The smallest absolute Gasteiger partial charge is 0.328 e. The Morgan fingerprint density at radius 2 is 1.72 bits per heavy atom. The molecule has 2 fully saturated rings. The van der Waals surface area contributed by atoms with E-state index in [0.717, 1.165) is 78.6 Å². The van der Waals surface area contributed by atoms with Crippen molar-refractivity contribution in [1.82, 2.24) is 24.6 Å². The molecule has 4 aromatic rings. The molecule has 2 N–H and O–H groups in total. The van der Waals surface area contributed by atoms with Crippen LogP contribution in [0.2, 0.25) is 0 Å². The largest absolute Gasteiger partial charge is 0.335 e. The average Bonchev–Trinajstić information content (AvgIpc) is 3.71. The Bertz CT molecular complexity index is 1620. The van der Waals surface area contributed by atoms with Gasteiger partial charge in [0, 0.05) is 23.7 Å². The Kier molecular flexibility index (Phi) is 6.85. The van der Waals surface area contributed by atoms with Gasteiger partial charge in [-0.15, -0.1) is 0 Å². The van der Waals surface area contributed by atoms with Gasteiger partial charge >= 0.3 is 6.03 Å².